The molecule has 0 amide bonds. The topological polar surface area (TPSA) is 12.0 Å². The molecule has 0 heterocycles. The Bertz CT molecular complexity index is 427. The Balaban J connectivity index is 1.83. The van der Waals surface area contributed by atoms with Crippen LogP contribution in [0.2, 0.25) is 0 Å². The van der Waals surface area contributed by atoms with Gasteiger partial charge in [-0.15, -0.1) is 0 Å². The molecule has 1 rings (SSSR count). The lowest BCUT2D eigenvalue weighted by atomic mass is 10.1. The highest BCUT2D eigenvalue weighted by Crippen LogP contribution is 2.18. The van der Waals surface area contributed by atoms with E-state index in [4.69, 9.17) is 0 Å². The standard InChI is InChI=1S/C25H47N2/c1-4-5-6-7-8-9-10-11-12-13-14-18-22-26-23-19-24-27(2,3)25-20-16-15-17-21-25/h15-17,20-21,26H,4-14,18-19,22-24H2,1-3H3/q+1. The van der Waals surface area contributed by atoms with Gasteiger partial charge in [-0.25, -0.2) is 0 Å². The van der Waals surface area contributed by atoms with Crippen LogP contribution in [0.25, 0.3) is 0 Å². The van der Waals surface area contributed by atoms with Crippen molar-refractivity contribution in [2.75, 3.05) is 33.7 Å². The quantitative estimate of drug-likeness (QED) is 0.216. The molecular formula is C25H47N2+. The first-order valence-corrected chi connectivity index (χ1v) is 11.8. The minimum absolute atomic E-state index is 0.973. The molecule has 156 valence electrons. The lowest BCUT2D eigenvalue weighted by Crippen LogP contribution is -2.42. The van der Waals surface area contributed by atoms with Gasteiger partial charge in [0.1, 0.15) is 5.69 Å². The van der Waals surface area contributed by atoms with Gasteiger partial charge in [0.15, 0.2) is 0 Å². The van der Waals surface area contributed by atoms with Crippen molar-refractivity contribution in [1.82, 2.24) is 9.80 Å². The van der Waals surface area contributed by atoms with Gasteiger partial charge < -0.3 is 5.32 Å². The molecular weight excluding hydrogens is 328 g/mol. The minimum atomic E-state index is 0.973. The third-order valence-corrected chi connectivity index (χ3v) is 5.73. The number of rotatable bonds is 18. The first kappa shape index (κ1) is 24.2. The van der Waals surface area contributed by atoms with Crippen LogP contribution >= 0.6 is 0 Å². The average molecular weight is 376 g/mol. The molecule has 27 heavy (non-hydrogen) atoms. The maximum Gasteiger partial charge on any atom is 0.132 e. The van der Waals surface area contributed by atoms with Gasteiger partial charge in [0.2, 0.25) is 0 Å². The fourth-order valence-electron chi connectivity index (χ4n) is 3.78. The molecule has 0 fully saturated rings. The summed E-state index contributed by atoms with van der Waals surface area (Å²) in [6, 6.07) is 10.8. The largest absolute Gasteiger partial charge is 0.317 e. The summed E-state index contributed by atoms with van der Waals surface area (Å²) in [6.45, 7) is 5.82. The van der Waals surface area contributed by atoms with E-state index in [2.05, 4.69) is 56.7 Å². The Labute approximate surface area is 170 Å². The van der Waals surface area contributed by atoms with Gasteiger partial charge in [-0.05, 0) is 25.1 Å². The molecule has 1 aromatic carbocycles. The van der Waals surface area contributed by atoms with E-state index >= 15 is 0 Å². The smallest absolute Gasteiger partial charge is 0.132 e. The molecule has 0 saturated carbocycles. The second-order valence-corrected chi connectivity index (χ2v) is 8.74. The summed E-state index contributed by atoms with van der Waals surface area (Å²) in [5.74, 6) is 0. The number of nitrogens with one attached hydrogen (secondary N) is 1. The molecule has 0 aliphatic carbocycles. The van der Waals surface area contributed by atoms with Gasteiger partial charge >= 0.3 is 0 Å². The molecule has 0 spiro atoms. The van der Waals surface area contributed by atoms with Gasteiger partial charge in [0, 0.05) is 13.0 Å². The van der Waals surface area contributed by atoms with E-state index in [1.165, 1.54) is 102 Å². The van der Waals surface area contributed by atoms with Crippen molar-refractivity contribution in [2.45, 2.75) is 90.4 Å². The highest BCUT2D eigenvalue weighted by molar-refractivity contribution is 5.40. The molecule has 0 saturated heterocycles. The molecule has 0 aromatic heterocycles. The van der Waals surface area contributed by atoms with Gasteiger partial charge in [-0.2, -0.15) is 0 Å². The van der Waals surface area contributed by atoms with Crippen LogP contribution in [0.1, 0.15) is 90.4 Å². The maximum atomic E-state index is 3.63. The molecule has 1 aromatic rings. The van der Waals surface area contributed by atoms with E-state index in [9.17, 15) is 0 Å². The van der Waals surface area contributed by atoms with Crippen molar-refractivity contribution in [2.24, 2.45) is 0 Å². The normalized spacial score (nSPS) is 11.8. The fourth-order valence-corrected chi connectivity index (χ4v) is 3.78. The Morgan fingerprint density at radius 3 is 1.67 bits per heavy atom. The molecule has 1 N–H and O–H groups in total. The first-order chi connectivity index (χ1) is 13.2. The summed E-state index contributed by atoms with van der Waals surface area (Å²) in [4.78, 5) is 0. The second kappa shape index (κ2) is 16.1. The van der Waals surface area contributed by atoms with E-state index in [1.54, 1.807) is 0 Å². The van der Waals surface area contributed by atoms with E-state index < -0.39 is 0 Å². The summed E-state index contributed by atoms with van der Waals surface area (Å²) < 4.78 is 0.973. The fraction of sp³-hybridized carbons (Fsp3) is 0.760. The van der Waals surface area contributed by atoms with Crippen LogP contribution in [0.3, 0.4) is 0 Å². The zero-order valence-electron chi connectivity index (χ0n) is 18.6. The van der Waals surface area contributed by atoms with E-state index in [0.29, 0.717) is 0 Å². The minimum Gasteiger partial charge on any atom is -0.317 e. The van der Waals surface area contributed by atoms with Gasteiger partial charge in [-0.1, -0.05) is 95.8 Å². The summed E-state index contributed by atoms with van der Waals surface area (Å²) in [7, 11) is 4.61. The van der Waals surface area contributed by atoms with E-state index in [-0.39, 0.29) is 0 Å². The number of nitrogens with zero attached hydrogens (tertiary/aromatic N) is 1. The number of unbranched alkanes of at least 4 members (excludes halogenated alkanes) is 11. The molecule has 0 radical (unpaired) electrons. The van der Waals surface area contributed by atoms with E-state index in [1.807, 2.05) is 0 Å². The molecule has 0 unspecified atom stereocenters. The van der Waals surface area contributed by atoms with Crippen molar-refractivity contribution in [3.8, 4) is 0 Å². The van der Waals surface area contributed by atoms with Crippen LogP contribution < -0.4 is 9.80 Å². The van der Waals surface area contributed by atoms with E-state index in [0.717, 1.165) is 11.0 Å². The second-order valence-electron chi connectivity index (χ2n) is 8.74. The Morgan fingerprint density at radius 2 is 1.11 bits per heavy atom. The predicted molar refractivity (Wildman–Crippen MR) is 124 cm³/mol. The molecule has 0 bridgehead atoms. The van der Waals surface area contributed by atoms with Crippen molar-refractivity contribution in [3.63, 3.8) is 0 Å². The van der Waals surface area contributed by atoms with Crippen LogP contribution in [0.4, 0.5) is 5.69 Å². The van der Waals surface area contributed by atoms with Gasteiger partial charge in [0.05, 0.1) is 20.6 Å². The van der Waals surface area contributed by atoms with Crippen molar-refractivity contribution >= 4 is 5.69 Å². The molecule has 0 atom stereocenters. The number of para-hydroxylation sites is 1. The average Bonchev–Trinajstić information content (AvgIpc) is 2.68. The third-order valence-electron chi connectivity index (χ3n) is 5.73. The zero-order chi connectivity index (χ0) is 19.6. The SMILES string of the molecule is CCCCCCCCCCCCCCNCCC[N+](C)(C)c1ccccc1. The highest BCUT2D eigenvalue weighted by Gasteiger charge is 2.17. The van der Waals surface area contributed by atoms with Crippen molar-refractivity contribution < 1.29 is 0 Å². The first-order valence-electron chi connectivity index (χ1n) is 11.8. The lowest BCUT2D eigenvalue weighted by molar-refractivity contribution is 0.385. The van der Waals surface area contributed by atoms with Crippen molar-refractivity contribution in [3.05, 3.63) is 30.3 Å². The molecule has 2 heteroatoms. The molecule has 0 aliphatic rings. The third kappa shape index (κ3) is 13.0. The summed E-state index contributed by atoms with van der Waals surface area (Å²) in [6.07, 6.45) is 18.4. The van der Waals surface area contributed by atoms with Crippen LogP contribution in [0.15, 0.2) is 30.3 Å². The lowest BCUT2D eigenvalue weighted by Gasteiger charge is -2.29. The van der Waals surface area contributed by atoms with Crippen LogP contribution in [0.5, 0.6) is 0 Å². The highest BCUT2D eigenvalue weighted by atomic mass is 15.3. The number of hydrogen-bond donors (Lipinski definition) is 1. The summed E-state index contributed by atoms with van der Waals surface area (Å²) in [5.41, 5.74) is 1.40. The zero-order valence-corrected chi connectivity index (χ0v) is 18.6. The van der Waals surface area contributed by atoms with Crippen LogP contribution in [-0.4, -0.2) is 33.7 Å². The summed E-state index contributed by atoms with van der Waals surface area (Å²) in [5, 5.41) is 3.63. The van der Waals surface area contributed by atoms with Gasteiger partial charge in [0.25, 0.3) is 0 Å². The monoisotopic (exact) mass is 375 g/mol. The van der Waals surface area contributed by atoms with Crippen molar-refractivity contribution in [1.29, 1.82) is 0 Å². The summed E-state index contributed by atoms with van der Waals surface area (Å²) >= 11 is 0. The van der Waals surface area contributed by atoms with Gasteiger partial charge in [-0.3, -0.25) is 4.48 Å². The number of hydrogen-bond acceptors (Lipinski definition) is 1. The Morgan fingerprint density at radius 1 is 0.630 bits per heavy atom. The molecule has 0 aliphatic heterocycles. The molecule has 2 nitrogen and oxygen atoms in total. The van der Waals surface area contributed by atoms with Crippen LogP contribution in [0, 0.1) is 0 Å². The van der Waals surface area contributed by atoms with Crippen LogP contribution in [-0.2, 0) is 0 Å². The Hall–Kier alpha value is -0.860. The predicted octanol–water partition coefficient (Wildman–Crippen LogP) is 6.93. The number of benzene rings is 1. The maximum absolute atomic E-state index is 3.63. The Kier molecular flexibility index (Phi) is 14.4. The number of quaternary nitrogens is 1.